The van der Waals surface area contributed by atoms with Crippen molar-refractivity contribution >= 4 is 51.9 Å². The summed E-state index contributed by atoms with van der Waals surface area (Å²) < 4.78 is 10.9. The molecule has 0 spiro atoms. The summed E-state index contributed by atoms with van der Waals surface area (Å²) in [6.07, 6.45) is 0.505. The summed E-state index contributed by atoms with van der Waals surface area (Å²) in [6, 6.07) is 11.2. The van der Waals surface area contributed by atoms with Crippen LogP contribution in [-0.2, 0) is 9.53 Å². The largest absolute Gasteiger partial charge is 0.481 e. The highest BCUT2D eigenvalue weighted by Gasteiger charge is 2.35. The molecule has 2 amide bonds. The molecule has 1 aromatic carbocycles. The third-order valence-electron chi connectivity index (χ3n) is 7.05. The van der Waals surface area contributed by atoms with Crippen LogP contribution in [-0.4, -0.2) is 84.9 Å². The molecule has 2 aromatic heterocycles. The molecule has 0 aliphatic carbocycles. The van der Waals surface area contributed by atoms with Crippen LogP contribution in [0, 0.1) is 5.92 Å². The first kappa shape index (κ1) is 24.7. The van der Waals surface area contributed by atoms with Crippen LogP contribution >= 0.6 is 11.8 Å². The SMILES string of the molecule is COc1ccc2nccc(N3C[C@@H](CNC[C@@H]4CN(c5ccc6c(c5)NC(=O)CS6)C(=O)O4)[C@@H](O)C3)c2n1. The number of aromatic nitrogens is 2. The van der Waals surface area contributed by atoms with Crippen molar-refractivity contribution in [3.05, 3.63) is 42.6 Å². The second-order valence-electron chi connectivity index (χ2n) is 9.58. The van der Waals surface area contributed by atoms with Gasteiger partial charge in [0, 0.05) is 54.9 Å². The molecule has 3 aliphatic rings. The van der Waals surface area contributed by atoms with Gasteiger partial charge < -0.3 is 30.1 Å². The first-order valence-corrected chi connectivity index (χ1v) is 13.5. The fourth-order valence-corrected chi connectivity index (χ4v) is 5.91. The van der Waals surface area contributed by atoms with Crippen LogP contribution in [0.25, 0.3) is 11.0 Å². The normalized spacial score (nSPS) is 22.9. The molecule has 3 N–H and O–H groups in total. The third-order valence-corrected chi connectivity index (χ3v) is 8.13. The smallest absolute Gasteiger partial charge is 0.414 e. The number of benzene rings is 1. The molecular formula is C26H28N6O5S. The predicted molar refractivity (Wildman–Crippen MR) is 144 cm³/mol. The second kappa shape index (κ2) is 10.3. The number of aliphatic hydroxyl groups is 1. The standard InChI is InChI=1S/C26H28N6O5S/c1-36-24-5-3-18-25(30-24)20(6-7-28-18)31-11-15(21(33)13-31)9-27-10-17-12-32(26(35)37-17)16-2-4-22-19(8-16)29-23(34)14-38-22/h2-8,15,17,21,27,33H,9-14H2,1H3,(H,29,34)/t15-,17-,21+/m1/s1. The van der Waals surface area contributed by atoms with Gasteiger partial charge in [-0.15, -0.1) is 11.8 Å². The number of amides is 2. The van der Waals surface area contributed by atoms with Crippen molar-refractivity contribution in [2.75, 3.05) is 60.7 Å². The van der Waals surface area contributed by atoms with Gasteiger partial charge in [-0.2, -0.15) is 0 Å². The van der Waals surface area contributed by atoms with Crippen LogP contribution in [0.15, 0.2) is 47.5 Å². The van der Waals surface area contributed by atoms with E-state index in [4.69, 9.17) is 9.47 Å². The number of rotatable bonds is 7. The fourth-order valence-electron chi connectivity index (χ4n) is 5.12. The first-order chi connectivity index (χ1) is 18.5. The van der Waals surface area contributed by atoms with Gasteiger partial charge in [0.2, 0.25) is 11.8 Å². The Bertz CT molecular complexity index is 1390. The summed E-state index contributed by atoms with van der Waals surface area (Å²) in [5, 5.41) is 17.0. The Labute approximate surface area is 223 Å². The van der Waals surface area contributed by atoms with Crippen molar-refractivity contribution < 1.29 is 24.2 Å². The Hall–Kier alpha value is -3.61. The van der Waals surface area contributed by atoms with Crippen LogP contribution in [0.1, 0.15) is 0 Å². The molecule has 12 heteroatoms. The lowest BCUT2D eigenvalue weighted by molar-refractivity contribution is -0.113. The number of thioether (sulfide) groups is 1. The Kier molecular flexibility index (Phi) is 6.68. The van der Waals surface area contributed by atoms with Crippen LogP contribution in [0.5, 0.6) is 5.88 Å². The van der Waals surface area contributed by atoms with Crippen LogP contribution in [0.3, 0.4) is 0 Å². The van der Waals surface area contributed by atoms with Gasteiger partial charge in [-0.25, -0.2) is 9.78 Å². The average molecular weight is 537 g/mol. The van der Waals surface area contributed by atoms with Gasteiger partial charge in [0.1, 0.15) is 11.6 Å². The average Bonchev–Trinajstić information content (AvgIpc) is 3.49. The molecule has 38 heavy (non-hydrogen) atoms. The number of pyridine rings is 2. The molecule has 3 aliphatic heterocycles. The van der Waals surface area contributed by atoms with Gasteiger partial charge in [-0.3, -0.25) is 14.7 Å². The number of hydrogen-bond acceptors (Lipinski definition) is 10. The number of ether oxygens (including phenoxy) is 2. The maximum atomic E-state index is 12.6. The molecule has 0 radical (unpaired) electrons. The highest BCUT2D eigenvalue weighted by Crippen LogP contribution is 2.35. The minimum Gasteiger partial charge on any atom is -0.481 e. The molecule has 5 heterocycles. The summed E-state index contributed by atoms with van der Waals surface area (Å²) in [5.74, 6) is 0.860. The number of nitrogens with one attached hydrogen (secondary N) is 2. The lowest BCUT2D eigenvalue weighted by Crippen LogP contribution is -2.36. The zero-order chi connectivity index (χ0) is 26.2. The Morgan fingerprint density at radius 1 is 1.18 bits per heavy atom. The fraction of sp³-hybridized carbons (Fsp3) is 0.385. The molecule has 2 fully saturated rings. The molecule has 3 atom stereocenters. The van der Waals surface area contributed by atoms with Crippen molar-refractivity contribution in [2.45, 2.75) is 17.1 Å². The van der Waals surface area contributed by atoms with Gasteiger partial charge >= 0.3 is 6.09 Å². The van der Waals surface area contributed by atoms with E-state index in [1.807, 2.05) is 30.3 Å². The summed E-state index contributed by atoms with van der Waals surface area (Å²) in [5.41, 5.74) is 3.83. The van der Waals surface area contributed by atoms with E-state index in [0.717, 1.165) is 21.6 Å². The number of nitrogens with zero attached hydrogens (tertiary/aromatic N) is 4. The first-order valence-electron chi connectivity index (χ1n) is 12.5. The predicted octanol–water partition coefficient (Wildman–Crippen LogP) is 2.09. The lowest BCUT2D eigenvalue weighted by atomic mass is 10.1. The van der Waals surface area contributed by atoms with Crippen molar-refractivity contribution in [2.24, 2.45) is 5.92 Å². The molecule has 6 rings (SSSR count). The number of hydrogen-bond donors (Lipinski definition) is 3. The van der Waals surface area contributed by atoms with Crippen LogP contribution in [0.4, 0.5) is 21.9 Å². The second-order valence-corrected chi connectivity index (χ2v) is 10.6. The van der Waals surface area contributed by atoms with E-state index in [1.165, 1.54) is 11.8 Å². The quantitative estimate of drug-likeness (QED) is 0.413. The molecular weight excluding hydrogens is 508 g/mol. The van der Waals surface area contributed by atoms with E-state index in [-0.39, 0.29) is 17.9 Å². The van der Waals surface area contributed by atoms with Gasteiger partial charge in [-0.1, -0.05) is 0 Å². The number of cyclic esters (lactones) is 1. The van der Waals surface area contributed by atoms with E-state index < -0.39 is 12.2 Å². The van der Waals surface area contributed by atoms with Crippen molar-refractivity contribution in [3.8, 4) is 5.88 Å². The molecule has 2 saturated heterocycles. The van der Waals surface area contributed by atoms with Gasteiger partial charge in [0.25, 0.3) is 0 Å². The summed E-state index contributed by atoms with van der Waals surface area (Å²) in [4.78, 5) is 37.9. The molecule has 0 bridgehead atoms. The Morgan fingerprint density at radius 2 is 2.08 bits per heavy atom. The summed E-state index contributed by atoms with van der Waals surface area (Å²) >= 11 is 1.48. The monoisotopic (exact) mass is 536 g/mol. The third kappa shape index (κ3) is 4.82. The van der Waals surface area contributed by atoms with E-state index in [0.29, 0.717) is 55.7 Å². The minimum absolute atomic E-state index is 0.00112. The van der Waals surface area contributed by atoms with E-state index in [9.17, 15) is 14.7 Å². The van der Waals surface area contributed by atoms with E-state index >= 15 is 0 Å². The number of carbonyl (C=O) groups is 2. The molecule has 0 saturated carbocycles. The maximum absolute atomic E-state index is 12.6. The number of carbonyl (C=O) groups excluding carboxylic acids is 2. The topological polar surface area (TPSA) is 129 Å². The van der Waals surface area contributed by atoms with Crippen LogP contribution < -0.4 is 25.2 Å². The van der Waals surface area contributed by atoms with Gasteiger partial charge in [0.05, 0.1) is 42.4 Å². The van der Waals surface area contributed by atoms with Crippen molar-refractivity contribution in [3.63, 3.8) is 0 Å². The Balaban J connectivity index is 1.05. The highest BCUT2D eigenvalue weighted by molar-refractivity contribution is 8.00. The van der Waals surface area contributed by atoms with Crippen molar-refractivity contribution in [1.82, 2.24) is 15.3 Å². The number of fused-ring (bicyclic) bond motifs is 2. The molecule has 0 unspecified atom stereocenters. The summed E-state index contributed by atoms with van der Waals surface area (Å²) in [6.45, 7) is 2.60. The number of β-amino-alcohol motifs (C(OH)–C–C–N with tert-alkyl or cyclic N) is 1. The molecule has 11 nitrogen and oxygen atoms in total. The molecule has 3 aromatic rings. The van der Waals surface area contributed by atoms with E-state index in [2.05, 4.69) is 25.5 Å². The number of aliphatic hydroxyl groups excluding tert-OH is 1. The number of methoxy groups -OCH3 is 1. The highest BCUT2D eigenvalue weighted by atomic mass is 32.2. The zero-order valence-electron chi connectivity index (χ0n) is 20.8. The van der Waals surface area contributed by atoms with Gasteiger partial charge in [0.15, 0.2) is 0 Å². The van der Waals surface area contributed by atoms with E-state index in [1.54, 1.807) is 24.3 Å². The minimum atomic E-state index is -0.512. The van der Waals surface area contributed by atoms with Crippen LogP contribution in [0.2, 0.25) is 0 Å². The summed E-state index contributed by atoms with van der Waals surface area (Å²) in [7, 11) is 1.58. The zero-order valence-corrected chi connectivity index (χ0v) is 21.6. The maximum Gasteiger partial charge on any atom is 0.414 e. The lowest BCUT2D eigenvalue weighted by Gasteiger charge is -2.20. The Morgan fingerprint density at radius 3 is 2.95 bits per heavy atom. The van der Waals surface area contributed by atoms with Crippen molar-refractivity contribution in [1.29, 1.82) is 0 Å². The number of anilines is 3. The van der Waals surface area contributed by atoms with Gasteiger partial charge in [-0.05, 0) is 30.3 Å². The molecule has 198 valence electrons.